The van der Waals surface area contributed by atoms with Crippen molar-refractivity contribution in [3.05, 3.63) is 53.6 Å². The van der Waals surface area contributed by atoms with Crippen molar-refractivity contribution in [3.63, 3.8) is 0 Å². The van der Waals surface area contributed by atoms with E-state index in [0.717, 1.165) is 42.7 Å². The number of amides is 2. The molecule has 0 aromatic heterocycles. The fourth-order valence-corrected chi connectivity index (χ4v) is 3.87. The highest BCUT2D eigenvalue weighted by atomic mass is 16.5. The number of nitrogens with one attached hydrogen (secondary N) is 2. The number of carbonyl (C=O) groups excluding carboxylic acids is 2. The first kappa shape index (κ1) is 22.6. The summed E-state index contributed by atoms with van der Waals surface area (Å²) < 4.78 is 5.27. The monoisotopic (exact) mass is 424 g/mol. The quantitative estimate of drug-likeness (QED) is 0.669. The van der Waals surface area contributed by atoms with Gasteiger partial charge in [0, 0.05) is 26.3 Å². The molecular formula is C24H32N4O3. The molecule has 31 heavy (non-hydrogen) atoms. The Morgan fingerprint density at radius 1 is 1.06 bits per heavy atom. The lowest BCUT2D eigenvalue weighted by atomic mass is 10.0. The maximum Gasteiger partial charge on any atom is 0.313 e. The number of likely N-dealkylation sites (tertiary alicyclic amines) is 1. The van der Waals surface area contributed by atoms with Crippen LogP contribution >= 0.6 is 0 Å². The molecule has 1 heterocycles. The number of hydrogen-bond acceptors (Lipinski definition) is 5. The molecule has 2 N–H and O–H groups in total. The fourth-order valence-electron chi connectivity index (χ4n) is 3.87. The van der Waals surface area contributed by atoms with Crippen LogP contribution in [0.1, 0.15) is 30.0 Å². The Bertz CT molecular complexity index is 906. The van der Waals surface area contributed by atoms with Gasteiger partial charge in [-0.25, -0.2) is 0 Å². The summed E-state index contributed by atoms with van der Waals surface area (Å²) in [6, 6.07) is 13.8. The fraction of sp³-hybridized carbons (Fsp3) is 0.417. The molecule has 0 saturated carbocycles. The van der Waals surface area contributed by atoms with E-state index in [2.05, 4.69) is 44.7 Å². The summed E-state index contributed by atoms with van der Waals surface area (Å²) in [5, 5.41) is 5.48. The maximum atomic E-state index is 12.5. The first-order chi connectivity index (χ1) is 14.9. The van der Waals surface area contributed by atoms with Crippen molar-refractivity contribution >= 4 is 23.2 Å². The molecule has 0 bridgehead atoms. The largest absolute Gasteiger partial charge is 0.495 e. The number of hydrogen-bond donors (Lipinski definition) is 2. The number of anilines is 2. The molecule has 1 saturated heterocycles. The Morgan fingerprint density at radius 2 is 1.74 bits per heavy atom. The van der Waals surface area contributed by atoms with Crippen LogP contribution in [0.2, 0.25) is 0 Å². The van der Waals surface area contributed by atoms with Gasteiger partial charge < -0.3 is 20.3 Å². The van der Waals surface area contributed by atoms with Crippen molar-refractivity contribution in [1.29, 1.82) is 0 Å². The highest BCUT2D eigenvalue weighted by molar-refractivity contribution is 6.39. The average molecular weight is 425 g/mol. The zero-order valence-corrected chi connectivity index (χ0v) is 18.8. The number of methoxy groups -OCH3 is 1. The van der Waals surface area contributed by atoms with Gasteiger partial charge in [0.2, 0.25) is 0 Å². The molecule has 0 aliphatic carbocycles. The molecule has 2 aromatic rings. The Balaban J connectivity index is 1.67. The molecular weight excluding hydrogens is 392 g/mol. The maximum absolute atomic E-state index is 12.5. The van der Waals surface area contributed by atoms with Crippen LogP contribution in [-0.2, 0) is 9.59 Å². The van der Waals surface area contributed by atoms with Crippen molar-refractivity contribution < 1.29 is 14.3 Å². The van der Waals surface area contributed by atoms with Gasteiger partial charge in [-0.05, 0) is 68.2 Å². The van der Waals surface area contributed by atoms with E-state index in [1.54, 1.807) is 12.1 Å². The van der Waals surface area contributed by atoms with E-state index in [-0.39, 0.29) is 6.04 Å². The second-order valence-electron chi connectivity index (χ2n) is 8.11. The minimum absolute atomic E-state index is 0.0315. The molecule has 7 heteroatoms. The molecule has 0 radical (unpaired) electrons. The molecule has 3 rings (SSSR count). The predicted molar refractivity (Wildman–Crippen MR) is 124 cm³/mol. The van der Waals surface area contributed by atoms with Crippen LogP contribution in [0, 0.1) is 6.92 Å². The molecule has 2 amide bonds. The Labute approximate surface area is 184 Å². The minimum Gasteiger partial charge on any atom is -0.495 e. The summed E-state index contributed by atoms with van der Waals surface area (Å²) in [5.74, 6) is -0.840. The first-order valence-electron chi connectivity index (χ1n) is 10.6. The lowest BCUT2D eigenvalue weighted by molar-refractivity contribution is -0.136. The summed E-state index contributed by atoms with van der Waals surface area (Å²) in [6.07, 6.45) is 2.29. The van der Waals surface area contributed by atoms with E-state index in [9.17, 15) is 9.59 Å². The van der Waals surface area contributed by atoms with Gasteiger partial charge >= 0.3 is 11.8 Å². The van der Waals surface area contributed by atoms with Gasteiger partial charge in [0.05, 0.1) is 18.8 Å². The predicted octanol–water partition coefficient (Wildman–Crippen LogP) is 2.96. The van der Waals surface area contributed by atoms with Crippen LogP contribution in [0.4, 0.5) is 11.4 Å². The second-order valence-corrected chi connectivity index (χ2v) is 8.11. The Kier molecular flexibility index (Phi) is 7.52. The second kappa shape index (κ2) is 10.3. The van der Waals surface area contributed by atoms with Crippen LogP contribution in [-0.4, -0.2) is 57.6 Å². The molecule has 1 fully saturated rings. The summed E-state index contributed by atoms with van der Waals surface area (Å²) in [6.45, 7) is 4.27. The van der Waals surface area contributed by atoms with Gasteiger partial charge in [-0.1, -0.05) is 18.2 Å². The lowest BCUT2D eigenvalue weighted by Crippen LogP contribution is -2.41. The van der Waals surface area contributed by atoms with Crippen LogP contribution in [0.25, 0.3) is 0 Å². The van der Waals surface area contributed by atoms with Gasteiger partial charge in [-0.3, -0.25) is 14.5 Å². The standard InChI is InChI=1S/C24H32N4O3/c1-17-7-12-22(31-4)20(15-17)26-24(30)23(29)25-16-21(28-13-5-6-14-28)18-8-10-19(11-9-18)27(2)3/h7-12,15,21H,5-6,13-14,16H2,1-4H3,(H,25,29)(H,26,30)/t21-/m0/s1. The zero-order chi connectivity index (χ0) is 22.4. The summed E-state index contributed by atoms with van der Waals surface area (Å²) in [4.78, 5) is 29.4. The average Bonchev–Trinajstić information content (AvgIpc) is 3.29. The molecule has 166 valence electrons. The van der Waals surface area contributed by atoms with Crippen molar-refractivity contribution in [2.45, 2.75) is 25.8 Å². The van der Waals surface area contributed by atoms with Crippen LogP contribution in [0.5, 0.6) is 5.75 Å². The van der Waals surface area contributed by atoms with Gasteiger partial charge in [0.25, 0.3) is 0 Å². The normalized spacial score (nSPS) is 14.7. The van der Waals surface area contributed by atoms with Crippen LogP contribution in [0.15, 0.2) is 42.5 Å². The van der Waals surface area contributed by atoms with E-state index in [4.69, 9.17) is 4.74 Å². The SMILES string of the molecule is COc1ccc(C)cc1NC(=O)C(=O)NC[C@@H](c1ccc(N(C)C)cc1)N1CCCC1. The Hall–Kier alpha value is -3.06. The smallest absolute Gasteiger partial charge is 0.313 e. The summed E-state index contributed by atoms with van der Waals surface area (Å²) in [5.41, 5.74) is 3.71. The van der Waals surface area contributed by atoms with Crippen molar-refractivity contribution in [2.24, 2.45) is 0 Å². The highest BCUT2D eigenvalue weighted by Gasteiger charge is 2.25. The molecule has 2 aromatic carbocycles. The summed E-state index contributed by atoms with van der Waals surface area (Å²) in [7, 11) is 5.55. The van der Waals surface area contributed by atoms with E-state index < -0.39 is 11.8 Å². The number of rotatable bonds is 7. The third-order valence-corrected chi connectivity index (χ3v) is 5.64. The lowest BCUT2D eigenvalue weighted by Gasteiger charge is -2.28. The van der Waals surface area contributed by atoms with Crippen molar-refractivity contribution in [1.82, 2.24) is 10.2 Å². The minimum atomic E-state index is -0.702. The Morgan fingerprint density at radius 3 is 2.35 bits per heavy atom. The number of ether oxygens (including phenoxy) is 1. The first-order valence-corrected chi connectivity index (χ1v) is 10.6. The molecule has 1 aliphatic rings. The van der Waals surface area contributed by atoms with E-state index in [1.807, 2.05) is 27.1 Å². The van der Waals surface area contributed by atoms with Crippen molar-refractivity contribution in [2.75, 3.05) is 51.1 Å². The molecule has 1 aliphatic heterocycles. The third-order valence-electron chi connectivity index (χ3n) is 5.64. The van der Waals surface area contributed by atoms with Gasteiger partial charge in [0.1, 0.15) is 5.75 Å². The third kappa shape index (κ3) is 5.76. The van der Waals surface area contributed by atoms with Crippen LogP contribution < -0.4 is 20.3 Å². The topological polar surface area (TPSA) is 73.9 Å². The van der Waals surface area contributed by atoms with E-state index >= 15 is 0 Å². The zero-order valence-electron chi connectivity index (χ0n) is 18.8. The van der Waals surface area contributed by atoms with Gasteiger partial charge in [-0.2, -0.15) is 0 Å². The van der Waals surface area contributed by atoms with E-state index in [1.165, 1.54) is 7.11 Å². The molecule has 0 unspecified atom stereocenters. The molecule has 1 atom stereocenters. The number of nitrogens with zero attached hydrogens (tertiary/aromatic N) is 2. The van der Waals surface area contributed by atoms with Crippen molar-refractivity contribution in [3.8, 4) is 5.75 Å². The van der Waals surface area contributed by atoms with Gasteiger partial charge in [-0.15, -0.1) is 0 Å². The van der Waals surface area contributed by atoms with E-state index in [0.29, 0.717) is 18.0 Å². The number of benzene rings is 2. The number of aryl methyl sites for hydroxylation is 1. The summed E-state index contributed by atoms with van der Waals surface area (Å²) >= 11 is 0. The van der Waals surface area contributed by atoms with Gasteiger partial charge in [0.15, 0.2) is 0 Å². The number of carbonyl (C=O) groups is 2. The highest BCUT2D eigenvalue weighted by Crippen LogP contribution is 2.27. The molecule has 0 spiro atoms. The van der Waals surface area contributed by atoms with Crippen LogP contribution in [0.3, 0.4) is 0 Å². The molecule has 7 nitrogen and oxygen atoms in total.